The van der Waals surface area contributed by atoms with Gasteiger partial charge in [-0.3, -0.25) is 4.98 Å². The smallest absolute Gasteiger partial charge is 0.164 e. The number of aliphatic hydroxyl groups excluding tert-OH is 1. The minimum atomic E-state index is -0.269. The lowest BCUT2D eigenvalue weighted by Gasteiger charge is -2.22. The van der Waals surface area contributed by atoms with E-state index in [1.165, 1.54) is 6.33 Å². The lowest BCUT2D eigenvalue weighted by atomic mass is 9.93. The van der Waals surface area contributed by atoms with Crippen molar-refractivity contribution in [3.05, 3.63) is 64.8 Å². The summed E-state index contributed by atoms with van der Waals surface area (Å²) in [7, 11) is 1.64. The summed E-state index contributed by atoms with van der Waals surface area (Å²) in [4.78, 5) is 13.0. The van der Waals surface area contributed by atoms with Crippen LogP contribution in [0.2, 0.25) is 5.02 Å². The van der Waals surface area contributed by atoms with Gasteiger partial charge in [0.05, 0.1) is 42.2 Å². The number of aryl methyl sites for hydroxylation is 1. The molecular weight excluding hydrogens is 466 g/mol. The molecule has 3 aromatic heterocycles. The normalized spacial score (nSPS) is 12.1. The predicted octanol–water partition coefficient (Wildman–Crippen LogP) is 3.91. The summed E-state index contributed by atoms with van der Waals surface area (Å²) in [5.41, 5.74) is 12.2. The quantitative estimate of drug-likeness (QED) is 0.337. The van der Waals surface area contributed by atoms with Crippen molar-refractivity contribution < 1.29 is 9.84 Å². The lowest BCUT2D eigenvalue weighted by Crippen LogP contribution is -2.16. The molecule has 4 aromatic rings. The van der Waals surface area contributed by atoms with Crippen LogP contribution < -0.4 is 15.8 Å². The fourth-order valence-corrected chi connectivity index (χ4v) is 4.45. The van der Waals surface area contributed by atoms with Gasteiger partial charge in [0.1, 0.15) is 17.9 Å². The first kappa shape index (κ1) is 24.4. The molecule has 0 amide bonds. The second-order valence-corrected chi connectivity index (χ2v) is 8.61. The van der Waals surface area contributed by atoms with Crippen molar-refractivity contribution in [2.24, 2.45) is 0 Å². The van der Waals surface area contributed by atoms with Crippen LogP contribution in [0.25, 0.3) is 27.9 Å². The van der Waals surface area contributed by atoms with E-state index in [9.17, 15) is 0 Å². The number of halogens is 1. The molecule has 0 spiro atoms. The van der Waals surface area contributed by atoms with Gasteiger partial charge in [-0.2, -0.15) is 5.10 Å². The van der Waals surface area contributed by atoms with Crippen molar-refractivity contribution in [1.29, 1.82) is 0 Å². The van der Waals surface area contributed by atoms with Crippen LogP contribution in [-0.2, 0) is 0 Å². The first-order valence-electron chi connectivity index (χ1n) is 11.1. The number of nitrogens with zero attached hydrogens (tertiary/aromatic N) is 5. The van der Waals surface area contributed by atoms with E-state index < -0.39 is 0 Å². The number of nitrogen functional groups attached to an aromatic ring is 1. The number of aromatic nitrogens is 5. The van der Waals surface area contributed by atoms with Gasteiger partial charge in [0.25, 0.3) is 0 Å². The molecule has 3 heterocycles. The van der Waals surface area contributed by atoms with E-state index >= 15 is 0 Å². The molecule has 0 saturated carbocycles. The van der Waals surface area contributed by atoms with Crippen LogP contribution >= 0.6 is 11.6 Å². The highest BCUT2D eigenvalue weighted by atomic mass is 35.5. The van der Waals surface area contributed by atoms with Gasteiger partial charge in [-0.15, -0.1) is 0 Å². The molecule has 0 aliphatic heterocycles. The number of ether oxygens (including phenoxy) is 1. The van der Waals surface area contributed by atoms with Crippen LogP contribution in [0.15, 0.2) is 37.3 Å². The predicted molar refractivity (Wildman–Crippen MR) is 138 cm³/mol. The third-order valence-electron chi connectivity index (χ3n) is 6.03. The number of aliphatic hydroxyl groups is 1. The topological polar surface area (TPSA) is 124 Å². The largest absolute Gasteiger partial charge is 0.496 e. The maximum absolute atomic E-state index is 9.11. The van der Waals surface area contributed by atoms with E-state index in [2.05, 4.69) is 26.8 Å². The summed E-state index contributed by atoms with van der Waals surface area (Å²) in [6.07, 6.45) is 3.15. The average molecular weight is 494 g/mol. The van der Waals surface area contributed by atoms with Crippen molar-refractivity contribution in [3.8, 4) is 16.9 Å². The lowest BCUT2D eigenvalue weighted by molar-refractivity contribution is 0.299. The second-order valence-electron chi connectivity index (χ2n) is 8.20. The molecule has 0 bridgehead atoms. The number of rotatable bonds is 8. The van der Waals surface area contributed by atoms with Crippen molar-refractivity contribution in [3.63, 3.8) is 0 Å². The van der Waals surface area contributed by atoms with E-state index in [0.29, 0.717) is 40.2 Å². The van der Waals surface area contributed by atoms with E-state index in [-0.39, 0.29) is 12.6 Å². The minimum absolute atomic E-state index is 0.000657. The Morgan fingerprint density at radius 2 is 2.06 bits per heavy atom. The van der Waals surface area contributed by atoms with Crippen molar-refractivity contribution in [2.75, 3.05) is 26.0 Å². The zero-order valence-electron chi connectivity index (χ0n) is 20.1. The van der Waals surface area contributed by atoms with Gasteiger partial charge in [0.2, 0.25) is 0 Å². The molecule has 0 aliphatic carbocycles. The molecule has 9 nitrogen and oxygen atoms in total. The maximum Gasteiger partial charge on any atom is 0.164 e. The van der Waals surface area contributed by atoms with Gasteiger partial charge in [-0.1, -0.05) is 18.2 Å². The summed E-state index contributed by atoms with van der Waals surface area (Å²) in [6.45, 7) is 10.3. The molecule has 0 saturated heterocycles. The molecule has 1 aromatic carbocycles. The number of fused-ring (bicyclic) bond motifs is 1. The second kappa shape index (κ2) is 9.89. The number of nitrogens with one attached hydrogen (secondary N) is 1. The molecule has 4 rings (SSSR count). The number of hydrogen-bond acceptors (Lipinski definition) is 8. The van der Waals surface area contributed by atoms with Gasteiger partial charge in [0.15, 0.2) is 5.65 Å². The average Bonchev–Trinajstić information content (AvgIpc) is 3.20. The van der Waals surface area contributed by atoms with Crippen LogP contribution in [0.3, 0.4) is 0 Å². The maximum atomic E-state index is 9.11. The highest BCUT2D eigenvalue weighted by molar-refractivity contribution is 6.32. The highest BCUT2D eigenvalue weighted by Crippen LogP contribution is 2.43. The number of methoxy groups -OCH3 is 1. The van der Waals surface area contributed by atoms with Crippen molar-refractivity contribution in [1.82, 2.24) is 30.0 Å². The fraction of sp³-hybridized carbons (Fsp3) is 0.280. The Morgan fingerprint density at radius 3 is 2.77 bits per heavy atom. The number of anilines is 1. The van der Waals surface area contributed by atoms with E-state index in [1.54, 1.807) is 13.3 Å². The molecule has 1 unspecified atom stereocenters. The summed E-state index contributed by atoms with van der Waals surface area (Å²) in [6, 6.07) is 5.46. The third-order valence-corrected chi connectivity index (χ3v) is 6.42. The van der Waals surface area contributed by atoms with Crippen molar-refractivity contribution in [2.45, 2.75) is 26.8 Å². The summed E-state index contributed by atoms with van der Waals surface area (Å²) in [5.74, 6) is 1.06. The molecule has 4 N–H and O–H groups in total. The molecule has 0 fully saturated rings. The summed E-state index contributed by atoms with van der Waals surface area (Å²) < 4.78 is 7.78. The van der Waals surface area contributed by atoms with Gasteiger partial charge in [-0.25, -0.2) is 14.6 Å². The molecular formula is C25H28ClN7O2. The first-order valence-corrected chi connectivity index (χ1v) is 11.5. The molecule has 0 radical (unpaired) electrons. The SMILES string of the molecule is C=C(NCCO)c1cc(-c2c(C)c(Cl)cc(C(C)n3nc(C)c4c(N)ncnc43)c2OC)ccn1. The van der Waals surface area contributed by atoms with Crippen LogP contribution in [0.5, 0.6) is 5.75 Å². The van der Waals surface area contributed by atoms with Crippen molar-refractivity contribution >= 4 is 34.1 Å². The zero-order chi connectivity index (χ0) is 25.3. The van der Waals surface area contributed by atoms with E-state index in [1.807, 2.05) is 43.7 Å². The zero-order valence-corrected chi connectivity index (χ0v) is 20.9. The molecule has 35 heavy (non-hydrogen) atoms. The molecule has 182 valence electrons. The molecule has 1 atom stereocenters. The van der Waals surface area contributed by atoms with Crippen LogP contribution in [0.1, 0.15) is 35.5 Å². The number of nitrogens with two attached hydrogens (primary N) is 1. The Hall–Kier alpha value is -3.69. The third kappa shape index (κ3) is 4.40. The Balaban J connectivity index is 1.88. The number of pyridine rings is 1. The fourth-order valence-electron chi connectivity index (χ4n) is 4.24. The standard InChI is InChI=1S/C25H28ClN7O2/c1-13-19(26)11-18(16(4)33-25-22(15(3)32-33)24(27)30-12-31-25)23(35-5)21(13)17-6-7-29-20(10-17)14(2)28-8-9-34/h6-7,10-12,16,28,34H,2,8-9H2,1,3-5H3,(H2,27,30,31). The summed E-state index contributed by atoms with van der Waals surface area (Å²) in [5, 5.41) is 18.2. The van der Waals surface area contributed by atoms with Crippen LogP contribution in [0.4, 0.5) is 5.82 Å². The Bertz CT molecular complexity index is 1420. The van der Waals surface area contributed by atoms with Gasteiger partial charge >= 0.3 is 0 Å². The Labute approximate surface area is 208 Å². The number of benzene rings is 1. The van der Waals surface area contributed by atoms with Gasteiger partial charge in [0, 0.05) is 28.9 Å². The van der Waals surface area contributed by atoms with Crippen LogP contribution in [-0.4, -0.2) is 50.1 Å². The van der Waals surface area contributed by atoms with Gasteiger partial charge < -0.3 is 20.9 Å². The number of hydrogen-bond donors (Lipinski definition) is 3. The Kier molecular flexibility index (Phi) is 6.90. The molecule has 0 aliphatic rings. The van der Waals surface area contributed by atoms with Gasteiger partial charge in [-0.05, 0) is 50.1 Å². The first-order chi connectivity index (χ1) is 16.8. The monoisotopic (exact) mass is 493 g/mol. The minimum Gasteiger partial charge on any atom is -0.496 e. The Morgan fingerprint density at radius 1 is 1.29 bits per heavy atom. The highest BCUT2D eigenvalue weighted by Gasteiger charge is 2.25. The van der Waals surface area contributed by atoms with Crippen LogP contribution in [0, 0.1) is 13.8 Å². The summed E-state index contributed by atoms with van der Waals surface area (Å²) >= 11 is 6.74. The molecule has 10 heteroatoms. The van der Waals surface area contributed by atoms with E-state index in [4.69, 9.17) is 32.3 Å². The van der Waals surface area contributed by atoms with E-state index in [0.717, 1.165) is 33.3 Å².